The van der Waals surface area contributed by atoms with Gasteiger partial charge in [0.15, 0.2) is 0 Å². The van der Waals surface area contributed by atoms with Crippen molar-refractivity contribution in [1.29, 1.82) is 0 Å². The van der Waals surface area contributed by atoms with E-state index < -0.39 is 41.1 Å². The van der Waals surface area contributed by atoms with Gasteiger partial charge in [-0.3, -0.25) is 14.4 Å². The van der Waals surface area contributed by atoms with Crippen molar-refractivity contribution in [3.63, 3.8) is 0 Å². The smallest absolute Gasteiger partial charge is 0.312 e. The van der Waals surface area contributed by atoms with Gasteiger partial charge in [-0.1, -0.05) is 40.0 Å². The van der Waals surface area contributed by atoms with Crippen molar-refractivity contribution in [2.45, 2.75) is 108 Å². The van der Waals surface area contributed by atoms with Crippen LogP contribution in [0.15, 0.2) is 0 Å². The maximum Gasteiger partial charge on any atom is 0.312 e. The Balaban J connectivity index is 1.76. The number of esters is 1. The lowest BCUT2D eigenvalue weighted by Crippen LogP contribution is -2.60. The third-order valence-corrected chi connectivity index (χ3v) is 8.67. The van der Waals surface area contributed by atoms with Gasteiger partial charge in [-0.2, -0.15) is 0 Å². The van der Waals surface area contributed by atoms with E-state index in [1.807, 2.05) is 20.8 Å². The lowest BCUT2D eigenvalue weighted by atomic mass is 9.65. The van der Waals surface area contributed by atoms with Crippen molar-refractivity contribution in [3.05, 3.63) is 0 Å². The second-order valence-electron chi connectivity index (χ2n) is 10.7. The highest BCUT2D eigenvalue weighted by Gasteiger charge is 2.79. The summed E-state index contributed by atoms with van der Waals surface area (Å²) in [6.07, 6.45) is 6.94. The largest absolute Gasteiger partial charge is 0.466 e. The van der Waals surface area contributed by atoms with Gasteiger partial charge in [0.1, 0.15) is 17.6 Å². The van der Waals surface area contributed by atoms with Crippen LogP contribution in [-0.4, -0.2) is 70.3 Å². The van der Waals surface area contributed by atoms with Crippen molar-refractivity contribution in [2.24, 2.45) is 17.8 Å². The Morgan fingerprint density at radius 1 is 1.21 bits per heavy atom. The highest BCUT2D eigenvalue weighted by atomic mass is 16.6. The number of carbonyl (C=O) groups is 3. The molecule has 186 valence electrons. The fourth-order valence-corrected chi connectivity index (χ4v) is 7.05. The summed E-state index contributed by atoms with van der Waals surface area (Å²) in [5, 5.41) is 13.4. The van der Waals surface area contributed by atoms with Gasteiger partial charge >= 0.3 is 5.97 Å². The van der Waals surface area contributed by atoms with E-state index in [1.165, 1.54) is 6.42 Å². The van der Waals surface area contributed by atoms with Crippen LogP contribution in [0.5, 0.6) is 0 Å². The van der Waals surface area contributed by atoms with E-state index in [-0.39, 0.29) is 37.0 Å². The molecule has 3 heterocycles. The molecule has 3 aliphatic heterocycles. The summed E-state index contributed by atoms with van der Waals surface area (Å²) in [4.78, 5) is 42.6. The van der Waals surface area contributed by atoms with Crippen molar-refractivity contribution in [1.82, 2.24) is 10.2 Å². The molecule has 0 aromatic rings. The molecule has 0 radical (unpaired) electrons. The predicted molar refractivity (Wildman–Crippen MR) is 121 cm³/mol. The van der Waals surface area contributed by atoms with Crippen LogP contribution in [0.25, 0.3) is 0 Å². The molecule has 1 saturated carbocycles. The van der Waals surface area contributed by atoms with E-state index in [0.29, 0.717) is 19.3 Å². The number of rotatable bonds is 8. The van der Waals surface area contributed by atoms with Crippen molar-refractivity contribution >= 4 is 17.8 Å². The molecule has 2 unspecified atom stereocenters. The van der Waals surface area contributed by atoms with Gasteiger partial charge in [0.2, 0.25) is 11.8 Å². The monoisotopic (exact) mass is 464 g/mol. The first kappa shape index (κ1) is 24.5. The third-order valence-electron chi connectivity index (χ3n) is 8.67. The zero-order valence-electron chi connectivity index (χ0n) is 20.5. The summed E-state index contributed by atoms with van der Waals surface area (Å²) in [6, 6.07) is -1.29. The summed E-state index contributed by atoms with van der Waals surface area (Å²) in [5.74, 6) is -2.45. The van der Waals surface area contributed by atoms with Gasteiger partial charge in [-0.05, 0) is 44.9 Å². The van der Waals surface area contributed by atoms with Crippen LogP contribution in [-0.2, 0) is 23.9 Å². The number of likely N-dealkylation sites (tertiary alicyclic amines) is 1. The normalized spacial score (nSPS) is 36.8. The Kier molecular flexibility index (Phi) is 6.80. The van der Waals surface area contributed by atoms with Crippen LogP contribution in [0.2, 0.25) is 0 Å². The molecule has 33 heavy (non-hydrogen) atoms. The number of amides is 2. The molecule has 4 aliphatic rings. The molecule has 1 spiro atoms. The number of hydrogen-bond acceptors (Lipinski definition) is 6. The maximum absolute atomic E-state index is 14.0. The summed E-state index contributed by atoms with van der Waals surface area (Å²) < 4.78 is 12.1. The minimum Gasteiger partial charge on any atom is -0.466 e. The molecule has 0 aromatic heterocycles. The number of nitrogens with one attached hydrogen (secondary N) is 1. The first-order valence-corrected chi connectivity index (χ1v) is 12.9. The lowest BCUT2D eigenvalue weighted by molar-refractivity contribution is -0.162. The number of hydrogen-bond donors (Lipinski definition) is 2. The Morgan fingerprint density at radius 3 is 2.48 bits per heavy atom. The standard InChI is InChI=1S/C25H40N2O6/c1-5-24-12-13-25(33-24)18(19(24)23(31)32-6-2)22(30)27(17(14-28)15(3)4)20(25)21(29)26-16-10-8-7-9-11-16/h15-20,28H,5-14H2,1-4H3,(H,26,29)/t17-,18-,19-,20?,24+,25?/m0/s1. The lowest BCUT2D eigenvalue weighted by Gasteiger charge is -2.39. The first-order valence-electron chi connectivity index (χ1n) is 12.9. The molecule has 2 bridgehead atoms. The van der Waals surface area contributed by atoms with E-state index in [4.69, 9.17) is 9.47 Å². The molecule has 8 heteroatoms. The molecular formula is C25H40N2O6. The maximum atomic E-state index is 14.0. The third kappa shape index (κ3) is 3.68. The second-order valence-corrected chi connectivity index (χ2v) is 10.7. The second kappa shape index (κ2) is 9.17. The van der Waals surface area contributed by atoms with Crippen LogP contribution in [0, 0.1) is 17.8 Å². The minimum atomic E-state index is -1.06. The number of aliphatic hydroxyl groups is 1. The van der Waals surface area contributed by atoms with Gasteiger partial charge < -0.3 is 24.8 Å². The highest BCUT2D eigenvalue weighted by molar-refractivity contribution is 5.98. The number of ether oxygens (including phenoxy) is 2. The van der Waals surface area contributed by atoms with Gasteiger partial charge in [0.05, 0.1) is 30.8 Å². The number of fused-ring (bicyclic) bond motifs is 1. The SMILES string of the molecule is CCOC(=O)[C@@H]1[C@H]2C(=O)N([C@@H](CO)C(C)C)C(C(=O)NC3CCCCC3)C23CC[C@@]1(CC)O3. The Bertz CT molecular complexity index is 781. The van der Waals surface area contributed by atoms with Crippen LogP contribution in [0.4, 0.5) is 0 Å². The van der Waals surface area contributed by atoms with E-state index in [0.717, 1.165) is 25.7 Å². The van der Waals surface area contributed by atoms with E-state index in [2.05, 4.69) is 5.32 Å². The quantitative estimate of drug-likeness (QED) is 0.534. The fourth-order valence-electron chi connectivity index (χ4n) is 7.05. The first-order chi connectivity index (χ1) is 15.8. The predicted octanol–water partition coefficient (Wildman–Crippen LogP) is 2.17. The molecule has 4 fully saturated rings. The van der Waals surface area contributed by atoms with Crippen LogP contribution < -0.4 is 5.32 Å². The molecule has 2 N–H and O–H groups in total. The number of nitrogens with zero attached hydrogens (tertiary/aromatic N) is 1. The molecule has 4 rings (SSSR count). The van der Waals surface area contributed by atoms with E-state index >= 15 is 0 Å². The molecule has 3 saturated heterocycles. The topological polar surface area (TPSA) is 105 Å². The summed E-state index contributed by atoms with van der Waals surface area (Å²) in [5.41, 5.74) is -1.85. The molecule has 6 atom stereocenters. The number of carbonyl (C=O) groups excluding carboxylic acids is 3. The fraction of sp³-hybridized carbons (Fsp3) is 0.880. The Morgan fingerprint density at radius 2 is 1.91 bits per heavy atom. The minimum absolute atomic E-state index is 0.0578. The average Bonchev–Trinajstić information content (AvgIpc) is 3.39. The average molecular weight is 465 g/mol. The van der Waals surface area contributed by atoms with Crippen molar-refractivity contribution in [2.75, 3.05) is 13.2 Å². The van der Waals surface area contributed by atoms with Crippen molar-refractivity contribution < 1.29 is 29.0 Å². The molecule has 8 nitrogen and oxygen atoms in total. The van der Waals surface area contributed by atoms with E-state index in [9.17, 15) is 19.5 Å². The highest BCUT2D eigenvalue weighted by Crippen LogP contribution is 2.64. The van der Waals surface area contributed by atoms with E-state index in [1.54, 1.807) is 11.8 Å². The van der Waals surface area contributed by atoms with Crippen LogP contribution in [0.1, 0.15) is 79.1 Å². The molecule has 1 aliphatic carbocycles. The Labute approximate surface area is 196 Å². The Hall–Kier alpha value is -1.67. The summed E-state index contributed by atoms with van der Waals surface area (Å²) in [6.45, 7) is 7.57. The zero-order chi connectivity index (χ0) is 24.0. The van der Waals surface area contributed by atoms with Crippen molar-refractivity contribution in [3.8, 4) is 0 Å². The molecular weight excluding hydrogens is 424 g/mol. The number of aliphatic hydroxyl groups excluding tert-OH is 1. The van der Waals surface area contributed by atoms with Crippen LogP contribution in [0.3, 0.4) is 0 Å². The molecule has 2 amide bonds. The van der Waals surface area contributed by atoms with Gasteiger partial charge in [-0.25, -0.2) is 0 Å². The molecule has 0 aromatic carbocycles. The summed E-state index contributed by atoms with van der Waals surface area (Å²) >= 11 is 0. The van der Waals surface area contributed by atoms with Gasteiger partial charge in [0.25, 0.3) is 0 Å². The van der Waals surface area contributed by atoms with Gasteiger partial charge in [0, 0.05) is 6.04 Å². The zero-order valence-corrected chi connectivity index (χ0v) is 20.5. The van der Waals surface area contributed by atoms with Gasteiger partial charge in [-0.15, -0.1) is 0 Å². The summed E-state index contributed by atoms with van der Waals surface area (Å²) in [7, 11) is 0. The van der Waals surface area contributed by atoms with Crippen LogP contribution >= 0.6 is 0 Å².